The van der Waals surface area contributed by atoms with Crippen LogP contribution in [0, 0.1) is 5.41 Å². The molecular formula is C87H164O20. The molecule has 4 unspecified atom stereocenters. The molecule has 0 amide bonds. The quantitative estimate of drug-likeness (QED) is 0.0241. The molecule has 0 saturated heterocycles. The van der Waals surface area contributed by atoms with Gasteiger partial charge in [-0.15, -0.1) is 0 Å². The van der Waals surface area contributed by atoms with E-state index in [0.29, 0.717) is 205 Å². The summed E-state index contributed by atoms with van der Waals surface area (Å²) in [4.78, 5) is 32.0. The number of hydrogen-bond donors (Lipinski definition) is 0. The van der Waals surface area contributed by atoms with Gasteiger partial charge in [0.1, 0.15) is 11.2 Å². The number of hydrogen-bond acceptors (Lipinski definition) is 20. The van der Waals surface area contributed by atoms with Gasteiger partial charge in [0.05, 0.1) is 92.5 Å². The van der Waals surface area contributed by atoms with Crippen LogP contribution in [0.3, 0.4) is 0 Å². The molecule has 4 atom stereocenters. The minimum atomic E-state index is -2.65. The summed E-state index contributed by atoms with van der Waals surface area (Å²) in [5, 5.41) is 0. The van der Waals surface area contributed by atoms with Crippen molar-refractivity contribution in [3.8, 4) is 0 Å². The SMILES string of the molecule is C=C(C)C(=O)OC1(OCCCC)C(OCCCC)(OCCCC)CC(OCCCC)(C(C)(C)C2(OCCCC)CC(OCCCC)(OCCCC)C(OCCCC)(OC(=O)C(=C)C)C(OCCCC)(OCCCC)C2(OCCCC)OCCCC)C(OCCCC)(OCCCC)C1(OCCCC)OCCCC. The predicted molar refractivity (Wildman–Crippen MR) is 426 cm³/mol. The van der Waals surface area contributed by atoms with Gasteiger partial charge in [0.2, 0.25) is 11.6 Å². The lowest BCUT2D eigenvalue weighted by Crippen LogP contribution is -2.97. The van der Waals surface area contributed by atoms with Crippen molar-refractivity contribution < 1.29 is 94.9 Å². The molecule has 0 N–H and O–H groups in total. The van der Waals surface area contributed by atoms with Gasteiger partial charge in [-0.05, 0) is 117 Å². The molecule has 0 radical (unpaired) electrons. The fourth-order valence-electron chi connectivity index (χ4n) is 14.4. The molecule has 107 heavy (non-hydrogen) atoms. The van der Waals surface area contributed by atoms with Gasteiger partial charge in [-0.2, -0.15) is 0 Å². The first-order chi connectivity index (χ1) is 51.5. The van der Waals surface area contributed by atoms with E-state index in [0.717, 1.165) is 0 Å². The second-order valence-corrected chi connectivity index (χ2v) is 30.4. The number of ether oxygens (including phenoxy) is 18. The minimum absolute atomic E-state index is 0.00866. The predicted octanol–water partition coefficient (Wildman–Crippen LogP) is 21.2. The highest BCUT2D eigenvalue weighted by Crippen LogP contribution is 2.75. The molecule has 20 nitrogen and oxygen atoms in total. The van der Waals surface area contributed by atoms with Crippen LogP contribution in [-0.2, 0) is 94.9 Å². The van der Waals surface area contributed by atoms with E-state index in [9.17, 15) is 0 Å². The third-order valence-corrected chi connectivity index (χ3v) is 21.0. The van der Waals surface area contributed by atoms with Crippen molar-refractivity contribution in [2.24, 2.45) is 5.41 Å². The summed E-state index contributed by atoms with van der Waals surface area (Å²) >= 11 is 0. The molecule has 0 bridgehead atoms. The summed E-state index contributed by atoms with van der Waals surface area (Å²) in [7, 11) is 0. The largest absolute Gasteiger partial charge is 0.418 e. The van der Waals surface area contributed by atoms with Gasteiger partial charge in [0.25, 0.3) is 11.6 Å². The van der Waals surface area contributed by atoms with Crippen LogP contribution in [0.2, 0.25) is 0 Å². The fraction of sp³-hybridized carbons (Fsp3) is 0.931. The molecule has 632 valence electrons. The zero-order valence-electron chi connectivity index (χ0n) is 72.4. The van der Waals surface area contributed by atoms with Gasteiger partial charge in [0, 0.05) is 42.6 Å². The van der Waals surface area contributed by atoms with Crippen molar-refractivity contribution >= 4 is 11.9 Å². The van der Waals surface area contributed by atoms with E-state index in [2.05, 4.69) is 138 Å². The molecule has 0 heterocycles. The summed E-state index contributed by atoms with van der Waals surface area (Å²) in [6, 6.07) is 0. The van der Waals surface area contributed by atoms with Gasteiger partial charge in [-0.25, -0.2) is 9.59 Å². The van der Waals surface area contributed by atoms with Crippen LogP contribution in [0.4, 0.5) is 0 Å². The van der Waals surface area contributed by atoms with E-state index in [1.165, 1.54) is 0 Å². The zero-order valence-corrected chi connectivity index (χ0v) is 72.4. The number of rotatable bonds is 70. The second-order valence-electron chi connectivity index (χ2n) is 30.4. The van der Waals surface area contributed by atoms with Gasteiger partial charge in [0.15, 0.2) is 0 Å². The molecule has 2 saturated carbocycles. The lowest BCUT2D eigenvalue weighted by Gasteiger charge is -2.76. The Kier molecular flexibility index (Phi) is 50.0. The Morgan fingerprint density at radius 2 is 0.393 bits per heavy atom. The topological polar surface area (TPSA) is 200 Å². The molecule has 2 rings (SSSR count). The number of carbonyl (C=O) groups is 2. The van der Waals surface area contributed by atoms with E-state index in [1.54, 1.807) is 13.8 Å². The van der Waals surface area contributed by atoms with Crippen molar-refractivity contribution in [3.63, 3.8) is 0 Å². The first-order valence-electron chi connectivity index (χ1n) is 43.5. The van der Waals surface area contributed by atoms with E-state index in [-0.39, 0.29) is 117 Å². The Morgan fingerprint density at radius 1 is 0.243 bits per heavy atom. The zero-order chi connectivity index (χ0) is 79.9. The molecule has 0 aromatic rings. The summed E-state index contributed by atoms with van der Waals surface area (Å²) in [6.45, 7) is 50.1. The highest BCUT2D eigenvalue weighted by molar-refractivity contribution is 5.88. The Hall–Kier alpha value is -2.22. The summed E-state index contributed by atoms with van der Waals surface area (Å²) in [6.07, 6.45) is 18.1. The average molecular weight is 1530 g/mol. The van der Waals surface area contributed by atoms with Crippen molar-refractivity contribution in [1.29, 1.82) is 0 Å². The molecule has 2 aliphatic carbocycles. The van der Waals surface area contributed by atoms with Crippen LogP contribution in [0.15, 0.2) is 24.3 Å². The van der Waals surface area contributed by atoms with Crippen LogP contribution in [0.5, 0.6) is 0 Å². The fourth-order valence-corrected chi connectivity index (χ4v) is 14.4. The Balaban J connectivity index is 4.76. The lowest BCUT2D eigenvalue weighted by atomic mass is 9.47. The summed E-state index contributed by atoms with van der Waals surface area (Å²) in [5.74, 6) is -21.9. The van der Waals surface area contributed by atoms with E-state index in [4.69, 9.17) is 85.3 Å². The maximum absolute atomic E-state index is 16.0. The van der Waals surface area contributed by atoms with Crippen LogP contribution >= 0.6 is 0 Å². The number of unbranched alkanes of at least 4 members (excludes halogenated alkanes) is 16. The van der Waals surface area contributed by atoms with Gasteiger partial charge < -0.3 is 85.3 Å². The monoisotopic (exact) mass is 1530 g/mol. The third-order valence-electron chi connectivity index (χ3n) is 21.0. The molecule has 2 fully saturated rings. The first-order valence-corrected chi connectivity index (χ1v) is 43.5. The molecule has 20 heteroatoms. The van der Waals surface area contributed by atoms with Gasteiger partial charge in [-0.1, -0.05) is 241 Å². The average Bonchev–Trinajstić information content (AvgIpc) is 0.632. The van der Waals surface area contributed by atoms with E-state index in [1.807, 2.05) is 0 Å². The molecule has 2 aliphatic rings. The molecule has 0 spiro atoms. The first kappa shape index (κ1) is 101. The number of carbonyl (C=O) groups excluding carboxylic acids is 2. The van der Waals surface area contributed by atoms with E-state index < -0.39 is 87.7 Å². The minimum Gasteiger partial charge on any atom is -0.418 e. The second kappa shape index (κ2) is 53.0. The normalized spacial score (nSPS) is 22.1. The van der Waals surface area contributed by atoms with Crippen LogP contribution < -0.4 is 0 Å². The Morgan fingerprint density at radius 3 is 0.561 bits per heavy atom. The van der Waals surface area contributed by atoms with Crippen molar-refractivity contribution in [2.45, 2.75) is 414 Å². The van der Waals surface area contributed by atoms with Crippen molar-refractivity contribution in [2.75, 3.05) is 106 Å². The molecule has 0 aromatic heterocycles. The van der Waals surface area contributed by atoms with Crippen LogP contribution in [0.1, 0.15) is 357 Å². The van der Waals surface area contributed by atoms with Crippen LogP contribution in [-0.4, -0.2) is 175 Å². The maximum Gasteiger partial charge on any atom is 0.336 e. The van der Waals surface area contributed by atoms with Crippen molar-refractivity contribution in [3.05, 3.63) is 24.3 Å². The standard InChI is InChI=1S/C87H164O20/c1-23-39-55-90-78(71-80(92-57-41-25-3,93-58-42-26-4)84(100-65-49-33-11,106-75(88)73(17)18)86(102-67-51-35-13,103-68-52-36-14)82(78,96-61-45-29-7)97-62-46-30-8)77(21,22)79(91-56-40-24-2)72-81(94-59-43-27-5,95-60-44-28-6)85(101-66-50-34-12,107-76(89)74(19)20)87(104-69-53-37-15,105-70-54-38-16)83(79,98-63-47-31-9)99-64-48-32-10/h17,19,23-72H2,1-16,18,20-22H3. The highest BCUT2D eigenvalue weighted by Gasteiger charge is 2.98. The highest BCUT2D eigenvalue weighted by atomic mass is 16.9. The summed E-state index contributed by atoms with van der Waals surface area (Å²) in [5.41, 5.74) is -6.32. The maximum atomic E-state index is 16.0. The molecule has 0 aromatic carbocycles. The Labute approximate surface area is 653 Å². The van der Waals surface area contributed by atoms with Gasteiger partial charge in [-0.3, -0.25) is 0 Å². The van der Waals surface area contributed by atoms with E-state index >= 15 is 9.59 Å². The third kappa shape index (κ3) is 23.5. The number of esters is 2. The van der Waals surface area contributed by atoms with Crippen molar-refractivity contribution in [1.82, 2.24) is 0 Å². The van der Waals surface area contributed by atoms with Crippen LogP contribution in [0.25, 0.3) is 0 Å². The van der Waals surface area contributed by atoms with Gasteiger partial charge >= 0.3 is 35.1 Å². The summed E-state index contributed by atoms with van der Waals surface area (Å²) < 4.78 is 147. The Bertz CT molecular complexity index is 2130. The smallest absolute Gasteiger partial charge is 0.336 e. The lowest BCUT2D eigenvalue weighted by molar-refractivity contribution is -0.612. The molecular weight excluding hydrogens is 1360 g/mol. The molecule has 0 aliphatic heterocycles.